The summed E-state index contributed by atoms with van der Waals surface area (Å²) in [7, 11) is 0. The fraction of sp³-hybridized carbons (Fsp3) is 0.286. The highest BCUT2D eigenvalue weighted by Crippen LogP contribution is 2.10. The van der Waals surface area contributed by atoms with E-state index in [4.69, 9.17) is 0 Å². The number of hydrogen-bond donors (Lipinski definition) is 1. The van der Waals surface area contributed by atoms with E-state index in [1.807, 2.05) is 43.0 Å². The van der Waals surface area contributed by atoms with E-state index in [1.54, 1.807) is 0 Å². The van der Waals surface area contributed by atoms with Crippen LogP contribution in [0.25, 0.3) is 0 Å². The van der Waals surface area contributed by atoms with Crippen LogP contribution in [0, 0.1) is 13.8 Å². The molecule has 0 amide bonds. The Balaban J connectivity index is 2.05. The van der Waals surface area contributed by atoms with E-state index in [-0.39, 0.29) is 0 Å². The molecule has 18 heavy (non-hydrogen) atoms. The van der Waals surface area contributed by atoms with Crippen molar-refractivity contribution in [2.45, 2.75) is 26.9 Å². The zero-order valence-corrected chi connectivity index (χ0v) is 10.8. The van der Waals surface area contributed by atoms with Gasteiger partial charge < -0.3 is 9.88 Å². The molecule has 4 heteroatoms. The van der Waals surface area contributed by atoms with E-state index in [1.165, 1.54) is 0 Å². The van der Waals surface area contributed by atoms with Crippen molar-refractivity contribution >= 4 is 5.95 Å². The molecule has 0 bridgehead atoms. The first-order valence-corrected chi connectivity index (χ1v) is 5.99. The molecule has 2 aromatic heterocycles. The molecule has 0 spiro atoms. The molecule has 0 unspecified atom stereocenters. The van der Waals surface area contributed by atoms with Crippen molar-refractivity contribution in [1.29, 1.82) is 0 Å². The molecule has 2 aromatic rings. The van der Waals surface area contributed by atoms with Crippen LogP contribution < -0.4 is 5.32 Å². The maximum Gasteiger partial charge on any atom is 0.203 e. The number of anilines is 1. The SMILES string of the molecule is C=CCn1cc(C)nc1NCc1ccc(C)nc1. The highest BCUT2D eigenvalue weighted by molar-refractivity contribution is 5.31. The maximum atomic E-state index is 4.45. The zero-order valence-electron chi connectivity index (χ0n) is 10.8. The summed E-state index contributed by atoms with van der Waals surface area (Å²) in [5.74, 6) is 0.868. The van der Waals surface area contributed by atoms with Crippen LogP contribution in [0.5, 0.6) is 0 Å². The van der Waals surface area contributed by atoms with Crippen LogP contribution in [0.3, 0.4) is 0 Å². The molecule has 1 N–H and O–H groups in total. The summed E-state index contributed by atoms with van der Waals surface area (Å²) in [6, 6.07) is 4.08. The summed E-state index contributed by atoms with van der Waals surface area (Å²) in [6.07, 6.45) is 5.76. The fourth-order valence-electron chi connectivity index (χ4n) is 1.75. The van der Waals surface area contributed by atoms with Crippen molar-refractivity contribution in [2.75, 3.05) is 5.32 Å². The van der Waals surface area contributed by atoms with E-state index in [9.17, 15) is 0 Å². The second kappa shape index (κ2) is 5.49. The van der Waals surface area contributed by atoms with Gasteiger partial charge in [0.15, 0.2) is 0 Å². The summed E-state index contributed by atoms with van der Waals surface area (Å²) in [6.45, 7) is 9.20. The van der Waals surface area contributed by atoms with Crippen molar-refractivity contribution in [2.24, 2.45) is 0 Å². The third-order valence-corrected chi connectivity index (χ3v) is 2.65. The van der Waals surface area contributed by atoms with Gasteiger partial charge in [-0.15, -0.1) is 6.58 Å². The lowest BCUT2D eigenvalue weighted by Crippen LogP contribution is -2.06. The summed E-state index contributed by atoms with van der Waals surface area (Å²) in [4.78, 5) is 8.72. The summed E-state index contributed by atoms with van der Waals surface area (Å²) >= 11 is 0. The summed E-state index contributed by atoms with van der Waals surface area (Å²) < 4.78 is 2.05. The highest BCUT2D eigenvalue weighted by Gasteiger charge is 2.03. The number of hydrogen-bond acceptors (Lipinski definition) is 3. The number of aryl methyl sites for hydroxylation is 2. The van der Waals surface area contributed by atoms with Gasteiger partial charge in [-0.05, 0) is 25.5 Å². The normalized spacial score (nSPS) is 10.3. The minimum absolute atomic E-state index is 0.723. The number of rotatable bonds is 5. The zero-order chi connectivity index (χ0) is 13.0. The largest absolute Gasteiger partial charge is 0.352 e. The molecule has 0 aliphatic rings. The standard InChI is InChI=1S/C14H18N4/c1-4-7-18-10-12(3)17-14(18)16-9-13-6-5-11(2)15-8-13/h4-6,8,10H,1,7,9H2,2-3H3,(H,16,17). The van der Waals surface area contributed by atoms with E-state index < -0.39 is 0 Å². The highest BCUT2D eigenvalue weighted by atomic mass is 15.2. The van der Waals surface area contributed by atoms with Crippen molar-refractivity contribution in [3.05, 3.63) is 54.1 Å². The van der Waals surface area contributed by atoms with Crippen LogP contribution in [0.4, 0.5) is 5.95 Å². The number of nitrogens with one attached hydrogen (secondary N) is 1. The van der Waals surface area contributed by atoms with E-state index >= 15 is 0 Å². The van der Waals surface area contributed by atoms with Gasteiger partial charge in [0.1, 0.15) is 0 Å². The third kappa shape index (κ3) is 2.97. The van der Waals surface area contributed by atoms with Gasteiger partial charge in [0.2, 0.25) is 5.95 Å². The number of nitrogens with zero attached hydrogens (tertiary/aromatic N) is 3. The molecule has 0 aliphatic carbocycles. The summed E-state index contributed by atoms with van der Waals surface area (Å²) in [5, 5.41) is 3.32. The quantitative estimate of drug-likeness (QED) is 0.820. The molecule has 0 atom stereocenters. The van der Waals surface area contributed by atoms with Crippen LogP contribution in [0.15, 0.2) is 37.2 Å². The molecule has 0 radical (unpaired) electrons. The Kier molecular flexibility index (Phi) is 3.77. The second-order valence-electron chi connectivity index (χ2n) is 4.31. The molecular formula is C14H18N4. The first kappa shape index (κ1) is 12.4. The van der Waals surface area contributed by atoms with E-state index in [0.717, 1.165) is 36.0 Å². The van der Waals surface area contributed by atoms with Crippen LogP contribution in [0.1, 0.15) is 17.0 Å². The molecule has 0 aromatic carbocycles. The number of imidazole rings is 1. The second-order valence-corrected chi connectivity index (χ2v) is 4.31. The molecule has 0 saturated carbocycles. The Morgan fingerprint density at radius 3 is 2.83 bits per heavy atom. The van der Waals surface area contributed by atoms with Gasteiger partial charge in [-0.2, -0.15) is 0 Å². The van der Waals surface area contributed by atoms with Crippen LogP contribution >= 0.6 is 0 Å². The molecule has 0 aliphatic heterocycles. The van der Waals surface area contributed by atoms with Crippen LogP contribution in [0.2, 0.25) is 0 Å². The van der Waals surface area contributed by atoms with Crippen molar-refractivity contribution < 1.29 is 0 Å². The minimum atomic E-state index is 0.723. The summed E-state index contributed by atoms with van der Waals surface area (Å²) in [5.41, 5.74) is 3.18. The van der Waals surface area contributed by atoms with Crippen molar-refractivity contribution in [3.8, 4) is 0 Å². The number of allylic oxidation sites excluding steroid dienone is 1. The van der Waals surface area contributed by atoms with Crippen molar-refractivity contribution in [3.63, 3.8) is 0 Å². The Morgan fingerprint density at radius 2 is 2.17 bits per heavy atom. The predicted molar refractivity (Wildman–Crippen MR) is 73.5 cm³/mol. The average Bonchev–Trinajstić information content (AvgIpc) is 2.70. The Bertz CT molecular complexity index is 525. The topological polar surface area (TPSA) is 42.7 Å². The molecule has 2 heterocycles. The molecule has 0 saturated heterocycles. The van der Waals surface area contributed by atoms with E-state index in [0.29, 0.717) is 0 Å². The monoisotopic (exact) mass is 242 g/mol. The molecule has 0 fully saturated rings. The minimum Gasteiger partial charge on any atom is -0.352 e. The van der Waals surface area contributed by atoms with Gasteiger partial charge in [-0.25, -0.2) is 4.98 Å². The van der Waals surface area contributed by atoms with Crippen LogP contribution in [-0.2, 0) is 13.1 Å². The van der Waals surface area contributed by atoms with Gasteiger partial charge in [0, 0.05) is 31.2 Å². The molecule has 2 rings (SSSR count). The van der Waals surface area contributed by atoms with E-state index in [2.05, 4.69) is 27.9 Å². The van der Waals surface area contributed by atoms with Gasteiger partial charge in [-0.1, -0.05) is 12.1 Å². The molecular weight excluding hydrogens is 224 g/mol. The first-order chi connectivity index (χ1) is 8.69. The average molecular weight is 242 g/mol. The van der Waals surface area contributed by atoms with Gasteiger partial charge in [0.25, 0.3) is 0 Å². The smallest absolute Gasteiger partial charge is 0.203 e. The number of pyridine rings is 1. The van der Waals surface area contributed by atoms with Gasteiger partial charge in [-0.3, -0.25) is 4.98 Å². The lowest BCUT2D eigenvalue weighted by Gasteiger charge is -2.07. The Morgan fingerprint density at radius 1 is 1.33 bits per heavy atom. The number of aromatic nitrogens is 3. The maximum absolute atomic E-state index is 4.45. The van der Waals surface area contributed by atoms with Crippen molar-refractivity contribution in [1.82, 2.24) is 14.5 Å². The van der Waals surface area contributed by atoms with Crippen LogP contribution in [-0.4, -0.2) is 14.5 Å². The molecule has 4 nitrogen and oxygen atoms in total. The van der Waals surface area contributed by atoms with Gasteiger partial charge >= 0.3 is 0 Å². The Labute approximate surface area is 107 Å². The van der Waals surface area contributed by atoms with Gasteiger partial charge in [0.05, 0.1) is 5.69 Å². The predicted octanol–water partition coefficient (Wildman–Crippen LogP) is 2.69. The Hall–Kier alpha value is -2.10. The molecule has 94 valence electrons. The lowest BCUT2D eigenvalue weighted by molar-refractivity contribution is 0.819. The lowest BCUT2D eigenvalue weighted by atomic mass is 10.2. The third-order valence-electron chi connectivity index (χ3n) is 2.65. The fourth-order valence-corrected chi connectivity index (χ4v) is 1.75. The first-order valence-electron chi connectivity index (χ1n) is 5.99.